The third-order valence-electron chi connectivity index (χ3n) is 2.22. The highest BCUT2D eigenvalue weighted by Crippen LogP contribution is 2.35. The summed E-state index contributed by atoms with van der Waals surface area (Å²) in [7, 11) is 0. The van der Waals surface area contributed by atoms with Crippen molar-refractivity contribution in [3.63, 3.8) is 0 Å². The number of nitrogens with one attached hydrogen (secondary N) is 1. The van der Waals surface area contributed by atoms with Crippen LogP contribution in [0.5, 0.6) is 0 Å². The minimum Gasteiger partial charge on any atom is -0.383 e. The van der Waals surface area contributed by atoms with E-state index in [0.29, 0.717) is 0 Å². The molecule has 2 heterocycles. The SMILES string of the molecule is CC1(C)CNc2ccc(Br)nc21. The van der Waals surface area contributed by atoms with Gasteiger partial charge in [-0.1, -0.05) is 13.8 Å². The van der Waals surface area contributed by atoms with Gasteiger partial charge in [0.15, 0.2) is 0 Å². The van der Waals surface area contributed by atoms with Crippen molar-refractivity contribution in [2.75, 3.05) is 11.9 Å². The van der Waals surface area contributed by atoms with Gasteiger partial charge in [0.05, 0.1) is 11.4 Å². The monoisotopic (exact) mass is 226 g/mol. The normalized spacial score (nSPS) is 18.6. The van der Waals surface area contributed by atoms with Crippen LogP contribution >= 0.6 is 15.9 Å². The summed E-state index contributed by atoms with van der Waals surface area (Å²) in [4.78, 5) is 4.46. The van der Waals surface area contributed by atoms with Crippen molar-refractivity contribution >= 4 is 21.6 Å². The molecule has 3 heteroatoms. The van der Waals surface area contributed by atoms with Crippen molar-refractivity contribution in [1.82, 2.24) is 4.98 Å². The Morgan fingerprint density at radius 3 is 3.00 bits per heavy atom. The Bertz CT molecular complexity index is 320. The van der Waals surface area contributed by atoms with Crippen molar-refractivity contribution in [2.24, 2.45) is 0 Å². The molecule has 0 fully saturated rings. The number of hydrogen-bond donors (Lipinski definition) is 1. The summed E-state index contributed by atoms with van der Waals surface area (Å²) < 4.78 is 0.915. The van der Waals surface area contributed by atoms with Crippen LogP contribution in [0.4, 0.5) is 5.69 Å². The molecule has 0 bridgehead atoms. The van der Waals surface area contributed by atoms with Gasteiger partial charge in [-0.3, -0.25) is 0 Å². The fourth-order valence-corrected chi connectivity index (χ4v) is 1.80. The number of nitrogens with zero attached hydrogens (tertiary/aromatic N) is 1. The first kappa shape index (κ1) is 8.05. The fraction of sp³-hybridized carbons (Fsp3) is 0.444. The van der Waals surface area contributed by atoms with E-state index < -0.39 is 0 Å². The second-order valence-electron chi connectivity index (χ2n) is 3.77. The first-order chi connectivity index (χ1) is 5.59. The molecule has 0 atom stereocenters. The Morgan fingerprint density at radius 1 is 1.50 bits per heavy atom. The van der Waals surface area contributed by atoms with Gasteiger partial charge < -0.3 is 5.32 Å². The summed E-state index contributed by atoms with van der Waals surface area (Å²) in [6, 6.07) is 4.04. The van der Waals surface area contributed by atoms with E-state index in [4.69, 9.17) is 0 Å². The fourth-order valence-electron chi connectivity index (χ4n) is 1.49. The largest absolute Gasteiger partial charge is 0.383 e. The molecule has 1 aliphatic rings. The maximum absolute atomic E-state index is 4.46. The molecule has 0 saturated carbocycles. The van der Waals surface area contributed by atoms with Crippen LogP contribution in [0, 0.1) is 0 Å². The van der Waals surface area contributed by atoms with Gasteiger partial charge in [-0.15, -0.1) is 0 Å². The number of halogens is 1. The number of hydrogen-bond acceptors (Lipinski definition) is 2. The van der Waals surface area contributed by atoms with Crippen LogP contribution in [0.2, 0.25) is 0 Å². The van der Waals surface area contributed by atoms with Gasteiger partial charge in [-0.25, -0.2) is 4.98 Å². The lowest BCUT2D eigenvalue weighted by Crippen LogP contribution is -2.20. The second-order valence-corrected chi connectivity index (χ2v) is 4.58. The van der Waals surface area contributed by atoms with E-state index in [2.05, 4.69) is 46.1 Å². The van der Waals surface area contributed by atoms with Gasteiger partial charge >= 0.3 is 0 Å². The van der Waals surface area contributed by atoms with Gasteiger partial charge in [-0.2, -0.15) is 0 Å². The zero-order valence-corrected chi connectivity index (χ0v) is 8.77. The predicted molar refractivity (Wildman–Crippen MR) is 53.5 cm³/mol. The van der Waals surface area contributed by atoms with Crippen LogP contribution in [0.15, 0.2) is 16.7 Å². The molecule has 0 saturated heterocycles. The van der Waals surface area contributed by atoms with E-state index in [1.54, 1.807) is 0 Å². The average Bonchev–Trinajstić information content (AvgIpc) is 2.28. The quantitative estimate of drug-likeness (QED) is 0.689. The molecule has 0 aromatic carbocycles. The van der Waals surface area contributed by atoms with Gasteiger partial charge in [0, 0.05) is 12.0 Å². The molecular formula is C9H11BrN2. The van der Waals surface area contributed by atoms with Gasteiger partial charge in [0.1, 0.15) is 4.60 Å². The van der Waals surface area contributed by atoms with Gasteiger partial charge in [0.2, 0.25) is 0 Å². The molecule has 2 nitrogen and oxygen atoms in total. The Kier molecular flexibility index (Phi) is 1.65. The molecule has 64 valence electrons. The van der Waals surface area contributed by atoms with Crippen LogP contribution < -0.4 is 5.32 Å². The van der Waals surface area contributed by atoms with Crippen LogP contribution in [0.1, 0.15) is 19.5 Å². The van der Waals surface area contributed by atoms with Crippen molar-refractivity contribution in [3.8, 4) is 0 Å². The lowest BCUT2D eigenvalue weighted by atomic mass is 9.91. The van der Waals surface area contributed by atoms with Gasteiger partial charge in [0.25, 0.3) is 0 Å². The Morgan fingerprint density at radius 2 is 2.25 bits per heavy atom. The molecule has 0 radical (unpaired) electrons. The average molecular weight is 227 g/mol. The van der Waals surface area contributed by atoms with Crippen LogP contribution in [-0.4, -0.2) is 11.5 Å². The molecule has 0 amide bonds. The highest BCUT2D eigenvalue weighted by Gasteiger charge is 2.31. The lowest BCUT2D eigenvalue weighted by molar-refractivity contribution is 0.567. The third-order valence-corrected chi connectivity index (χ3v) is 2.66. The van der Waals surface area contributed by atoms with E-state index in [-0.39, 0.29) is 5.41 Å². The molecule has 1 aromatic heterocycles. The van der Waals surface area contributed by atoms with Crippen molar-refractivity contribution in [2.45, 2.75) is 19.3 Å². The van der Waals surface area contributed by atoms with Crippen molar-refractivity contribution in [1.29, 1.82) is 0 Å². The molecule has 12 heavy (non-hydrogen) atoms. The molecule has 1 aromatic rings. The number of aromatic nitrogens is 1. The summed E-state index contributed by atoms with van der Waals surface area (Å²) in [5.74, 6) is 0. The maximum Gasteiger partial charge on any atom is 0.106 e. The van der Waals surface area contributed by atoms with Crippen LogP contribution in [-0.2, 0) is 5.41 Å². The molecule has 1 aliphatic heterocycles. The van der Waals surface area contributed by atoms with E-state index >= 15 is 0 Å². The van der Waals surface area contributed by atoms with E-state index in [9.17, 15) is 0 Å². The Labute approximate surface area is 80.5 Å². The number of fused-ring (bicyclic) bond motifs is 1. The minimum atomic E-state index is 0.166. The number of rotatable bonds is 0. The maximum atomic E-state index is 4.46. The van der Waals surface area contributed by atoms with Crippen molar-refractivity contribution in [3.05, 3.63) is 22.4 Å². The summed E-state index contributed by atoms with van der Waals surface area (Å²) in [6.07, 6.45) is 0. The smallest absolute Gasteiger partial charge is 0.106 e. The van der Waals surface area contributed by atoms with Crippen molar-refractivity contribution < 1.29 is 0 Å². The molecule has 0 aliphatic carbocycles. The zero-order chi connectivity index (χ0) is 8.77. The molecule has 2 rings (SSSR count). The van der Waals surface area contributed by atoms with E-state index in [0.717, 1.165) is 16.8 Å². The zero-order valence-electron chi connectivity index (χ0n) is 7.19. The topological polar surface area (TPSA) is 24.9 Å². The van der Waals surface area contributed by atoms with Gasteiger partial charge in [-0.05, 0) is 28.1 Å². The predicted octanol–water partition coefficient (Wildman–Crippen LogP) is 2.55. The second kappa shape index (κ2) is 2.46. The Balaban J connectivity index is 2.57. The first-order valence-corrected chi connectivity index (χ1v) is 4.80. The van der Waals surface area contributed by atoms with Crippen LogP contribution in [0.3, 0.4) is 0 Å². The summed E-state index contributed by atoms with van der Waals surface area (Å²) in [5, 5.41) is 3.33. The van der Waals surface area contributed by atoms with Crippen LogP contribution in [0.25, 0.3) is 0 Å². The molecular weight excluding hydrogens is 216 g/mol. The third kappa shape index (κ3) is 1.12. The van der Waals surface area contributed by atoms with E-state index in [1.165, 1.54) is 5.69 Å². The summed E-state index contributed by atoms with van der Waals surface area (Å²) >= 11 is 3.38. The molecule has 0 unspecified atom stereocenters. The highest BCUT2D eigenvalue weighted by molar-refractivity contribution is 9.10. The number of anilines is 1. The first-order valence-electron chi connectivity index (χ1n) is 4.00. The number of pyridine rings is 1. The summed E-state index contributed by atoms with van der Waals surface area (Å²) in [6.45, 7) is 5.38. The summed E-state index contributed by atoms with van der Waals surface area (Å²) in [5.41, 5.74) is 2.50. The minimum absolute atomic E-state index is 0.166. The van der Waals surface area contributed by atoms with E-state index in [1.807, 2.05) is 6.07 Å². The lowest BCUT2D eigenvalue weighted by Gasteiger charge is -2.15. The molecule has 1 N–H and O–H groups in total. The highest BCUT2D eigenvalue weighted by atomic mass is 79.9. The standard InChI is InChI=1S/C9H11BrN2/c1-9(2)5-11-6-3-4-7(10)12-8(6)9/h3-4,11H,5H2,1-2H3. The Hall–Kier alpha value is -0.570. The molecule has 0 spiro atoms.